The zero-order chi connectivity index (χ0) is 23.2. The highest BCUT2D eigenvalue weighted by atomic mass is 19.1. The van der Waals surface area contributed by atoms with Gasteiger partial charge in [-0.15, -0.1) is 10.2 Å². The van der Waals surface area contributed by atoms with Crippen molar-refractivity contribution in [2.24, 2.45) is 0 Å². The fourth-order valence-corrected chi connectivity index (χ4v) is 3.45. The second-order valence-electron chi connectivity index (χ2n) is 8.05. The summed E-state index contributed by atoms with van der Waals surface area (Å²) in [7, 11) is 4.05. The first-order valence-electron chi connectivity index (χ1n) is 10.7. The summed E-state index contributed by atoms with van der Waals surface area (Å²) in [5, 5.41) is 13.7. The van der Waals surface area contributed by atoms with Crippen LogP contribution in [-0.2, 0) is 6.54 Å². The summed E-state index contributed by atoms with van der Waals surface area (Å²) in [6.45, 7) is 2.26. The van der Waals surface area contributed by atoms with Crippen molar-refractivity contribution in [1.82, 2.24) is 25.5 Å². The van der Waals surface area contributed by atoms with Gasteiger partial charge in [0, 0.05) is 36.5 Å². The number of halogens is 2. The van der Waals surface area contributed by atoms with Crippen molar-refractivity contribution in [3.8, 4) is 11.3 Å². The highest BCUT2D eigenvalue weighted by molar-refractivity contribution is 5.66. The normalized spacial score (nSPS) is 13.1. The Balaban J connectivity index is 1.41. The molecule has 4 rings (SSSR count). The summed E-state index contributed by atoms with van der Waals surface area (Å²) < 4.78 is 27.2. The van der Waals surface area contributed by atoms with Gasteiger partial charge in [0.15, 0.2) is 0 Å². The minimum atomic E-state index is -0.610. The van der Waals surface area contributed by atoms with Gasteiger partial charge in [0.1, 0.15) is 17.5 Å². The largest absolute Gasteiger partial charge is 0.367 e. The Morgan fingerprint density at radius 1 is 0.970 bits per heavy atom. The summed E-state index contributed by atoms with van der Waals surface area (Å²) in [5.41, 5.74) is 7.07. The van der Waals surface area contributed by atoms with E-state index < -0.39 is 11.6 Å². The maximum absolute atomic E-state index is 13.6. The van der Waals surface area contributed by atoms with Crippen LogP contribution in [0.3, 0.4) is 0 Å². The lowest BCUT2D eigenvalue weighted by atomic mass is 10.1. The van der Waals surface area contributed by atoms with Crippen molar-refractivity contribution in [3.05, 3.63) is 95.7 Å². The first-order valence-corrected chi connectivity index (χ1v) is 10.7. The van der Waals surface area contributed by atoms with E-state index >= 15 is 0 Å². The zero-order valence-electron chi connectivity index (χ0n) is 18.6. The van der Waals surface area contributed by atoms with E-state index in [2.05, 4.69) is 31.9 Å². The molecule has 0 amide bonds. The highest BCUT2D eigenvalue weighted by Crippen LogP contribution is 2.22. The van der Waals surface area contributed by atoms with E-state index in [1.54, 1.807) is 6.08 Å². The Hall–Kier alpha value is -3.78. The zero-order valence-corrected chi connectivity index (χ0v) is 18.6. The lowest BCUT2D eigenvalue weighted by Gasteiger charge is -2.27. The third-order valence-corrected chi connectivity index (χ3v) is 5.07. The second kappa shape index (κ2) is 10.2. The number of nitrogens with zero attached hydrogens (tertiary/aromatic N) is 4. The summed E-state index contributed by atoms with van der Waals surface area (Å²) in [4.78, 5) is 2.10. The van der Waals surface area contributed by atoms with Crippen molar-refractivity contribution in [1.29, 1.82) is 0 Å². The molecule has 0 bridgehead atoms. The van der Waals surface area contributed by atoms with Crippen LogP contribution < -0.4 is 10.7 Å². The third kappa shape index (κ3) is 6.14. The third-order valence-electron chi connectivity index (χ3n) is 5.07. The molecule has 1 aromatic heterocycles. The van der Waals surface area contributed by atoms with Gasteiger partial charge >= 0.3 is 0 Å². The van der Waals surface area contributed by atoms with Crippen molar-refractivity contribution in [2.75, 3.05) is 32.5 Å². The predicted octanol–water partition coefficient (Wildman–Crippen LogP) is 4.27. The number of anilines is 1. The minimum absolute atomic E-state index is 0.449. The first-order chi connectivity index (χ1) is 16.0. The quantitative estimate of drug-likeness (QED) is 0.537. The Morgan fingerprint density at radius 2 is 1.79 bits per heavy atom. The van der Waals surface area contributed by atoms with Crippen molar-refractivity contribution in [2.45, 2.75) is 6.54 Å². The van der Waals surface area contributed by atoms with Crippen LogP contribution in [0, 0.1) is 11.6 Å². The second-order valence-corrected chi connectivity index (χ2v) is 8.05. The molecule has 2 heterocycles. The van der Waals surface area contributed by atoms with Crippen LogP contribution in [0.1, 0.15) is 11.1 Å². The molecule has 0 unspecified atom stereocenters. The maximum Gasteiger partial charge on any atom is 0.148 e. The van der Waals surface area contributed by atoms with E-state index in [0.717, 1.165) is 41.8 Å². The van der Waals surface area contributed by atoms with Gasteiger partial charge in [-0.1, -0.05) is 18.2 Å². The number of rotatable bonds is 8. The van der Waals surface area contributed by atoms with E-state index in [4.69, 9.17) is 0 Å². The molecule has 0 fully saturated rings. The fraction of sp³-hybridized carbons (Fsp3) is 0.200. The Kier molecular flexibility index (Phi) is 6.95. The topological polar surface area (TPSA) is 56.3 Å². The number of hydrogen-bond acceptors (Lipinski definition) is 6. The van der Waals surface area contributed by atoms with Gasteiger partial charge in [-0.05, 0) is 62.1 Å². The van der Waals surface area contributed by atoms with Gasteiger partial charge in [-0.3, -0.25) is 10.4 Å². The van der Waals surface area contributed by atoms with E-state index in [1.807, 2.05) is 61.7 Å². The highest BCUT2D eigenvalue weighted by Gasteiger charge is 2.12. The van der Waals surface area contributed by atoms with E-state index in [-0.39, 0.29) is 0 Å². The molecular formula is C25H26F2N6. The summed E-state index contributed by atoms with van der Waals surface area (Å²) in [5.74, 6) is -0.476. The molecule has 2 N–H and O–H groups in total. The number of nitrogens with one attached hydrogen (secondary N) is 2. The smallest absolute Gasteiger partial charge is 0.148 e. The number of benzene rings is 2. The molecular weight excluding hydrogens is 422 g/mol. The molecule has 0 saturated carbocycles. The van der Waals surface area contributed by atoms with Crippen LogP contribution in [-0.4, -0.2) is 47.3 Å². The Labute approximate surface area is 192 Å². The molecule has 0 spiro atoms. The average molecular weight is 449 g/mol. The van der Waals surface area contributed by atoms with Gasteiger partial charge in [-0.25, -0.2) is 8.78 Å². The molecule has 1 aliphatic heterocycles. The fourth-order valence-electron chi connectivity index (χ4n) is 3.45. The standard InChI is InChI=1S/C25H26F2N6/c1-32(2)12-10-28-25-9-8-23(29-30-25)19-6-3-5-18(13-19)17-33-11-4-7-24(31-33)20-14-21(26)16-22(27)15-20/h3-9,11,13-16,31H,10,12,17H2,1-2H3,(H,28,30). The molecule has 170 valence electrons. The van der Waals surface area contributed by atoms with E-state index in [0.29, 0.717) is 17.8 Å². The lowest BCUT2D eigenvalue weighted by Crippen LogP contribution is -2.33. The Morgan fingerprint density at radius 3 is 2.52 bits per heavy atom. The van der Waals surface area contributed by atoms with Crippen molar-refractivity contribution < 1.29 is 8.78 Å². The van der Waals surface area contributed by atoms with Crippen LogP contribution in [0.5, 0.6) is 0 Å². The van der Waals surface area contributed by atoms with Gasteiger partial charge in [-0.2, -0.15) is 0 Å². The lowest BCUT2D eigenvalue weighted by molar-refractivity contribution is 0.313. The van der Waals surface area contributed by atoms with Crippen LogP contribution in [0.2, 0.25) is 0 Å². The van der Waals surface area contributed by atoms with Crippen molar-refractivity contribution >= 4 is 11.5 Å². The summed E-state index contributed by atoms with van der Waals surface area (Å²) in [6, 6.07) is 15.4. The summed E-state index contributed by atoms with van der Waals surface area (Å²) >= 11 is 0. The van der Waals surface area contributed by atoms with E-state index in [1.165, 1.54) is 12.1 Å². The number of likely N-dealkylation sites (N-methyl/N-ethyl adjacent to an activating group) is 1. The minimum Gasteiger partial charge on any atom is -0.367 e. The molecule has 0 atom stereocenters. The van der Waals surface area contributed by atoms with Crippen LogP contribution in [0.15, 0.2) is 72.9 Å². The van der Waals surface area contributed by atoms with Crippen LogP contribution >= 0.6 is 0 Å². The molecule has 0 saturated heterocycles. The van der Waals surface area contributed by atoms with E-state index in [9.17, 15) is 8.78 Å². The number of aromatic nitrogens is 2. The van der Waals surface area contributed by atoms with Crippen LogP contribution in [0.4, 0.5) is 14.6 Å². The summed E-state index contributed by atoms with van der Waals surface area (Å²) in [6.07, 6.45) is 5.50. The molecule has 6 nitrogen and oxygen atoms in total. The van der Waals surface area contributed by atoms with Gasteiger partial charge < -0.3 is 10.2 Å². The molecule has 2 aromatic carbocycles. The first kappa shape index (κ1) is 22.4. The molecule has 8 heteroatoms. The molecule has 0 radical (unpaired) electrons. The average Bonchev–Trinajstić information content (AvgIpc) is 2.79. The maximum atomic E-state index is 13.6. The number of hydrazine groups is 1. The monoisotopic (exact) mass is 448 g/mol. The van der Waals surface area contributed by atoms with Gasteiger partial charge in [0.25, 0.3) is 0 Å². The molecule has 33 heavy (non-hydrogen) atoms. The number of hydrogen-bond donors (Lipinski definition) is 2. The van der Waals surface area contributed by atoms with Gasteiger partial charge in [0.2, 0.25) is 0 Å². The van der Waals surface area contributed by atoms with Gasteiger partial charge in [0.05, 0.1) is 17.9 Å². The molecule has 1 aliphatic rings. The van der Waals surface area contributed by atoms with Crippen LogP contribution in [0.25, 0.3) is 17.0 Å². The predicted molar refractivity (Wildman–Crippen MR) is 127 cm³/mol. The number of allylic oxidation sites excluding steroid dienone is 2. The molecule has 0 aliphatic carbocycles. The van der Waals surface area contributed by atoms with Crippen molar-refractivity contribution in [3.63, 3.8) is 0 Å². The molecule has 3 aromatic rings. The SMILES string of the molecule is CN(C)CCNc1ccc(-c2cccc(CN3C=CC=C(c4cc(F)cc(F)c4)N3)c2)nn1. The Bertz CT molecular complexity index is 1140.